The molecule has 0 atom stereocenters. The molecule has 1 fully saturated rings. The predicted molar refractivity (Wildman–Crippen MR) is 75.1 cm³/mol. The largest absolute Gasteiger partial charge is 4.00 e. The number of rotatable bonds is 0. The molecule has 2 aliphatic carbocycles. The summed E-state index contributed by atoms with van der Waals surface area (Å²) in [4.78, 5) is 0. The number of allylic oxidation sites excluding steroid dienone is 8. The van der Waals surface area contributed by atoms with E-state index < -0.39 is 0 Å². The van der Waals surface area contributed by atoms with Gasteiger partial charge in [-0.1, -0.05) is 18.5 Å². The maximum absolute atomic E-state index is 3.05. The van der Waals surface area contributed by atoms with Crippen molar-refractivity contribution in [3.05, 3.63) is 47.6 Å². The third kappa shape index (κ3) is 14.9. The van der Waals surface area contributed by atoms with E-state index in [1.54, 1.807) is 18.5 Å². The quantitative estimate of drug-likeness (QED) is 0.324. The first kappa shape index (κ1) is 24.6. The molecule has 4 heteroatoms. The second kappa shape index (κ2) is 16.7. The van der Waals surface area contributed by atoms with Gasteiger partial charge in [0.05, 0.1) is 0 Å². The van der Waals surface area contributed by atoms with Crippen molar-refractivity contribution in [2.75, 3.05) is 0 Å². The fourth-order valence-electron chi connectivity index (χ4n) is 1.25. The Kier molecular flexibility index (Phi) is 21.7. The molecule has 19 heavy (non-hydrogen) atoms. The van der Waals surface area contributed by atoms with Crippen LogP contribution in [0.25, 0.3) is 0 Å². The van der Waals surface area contributed by atoms with Crippen LogP contribution >= 0.6 is 0 Å². The molecule has 0 nitrogen and oxygen atoms in total. The maximum atomic E-state index is 3.05. The van der Waals surface area contributed by atoms with E-state index in [0.717, 1.165) is 12.8 Å². The van der Waals surface area contributed by atoms with Crippen LogP contribution in [0.5, 0.6) is 0 Å². The molecule has 3 aliphatic rings. The average molecular weight is 393 g/mol. The van der Waals surface area contributed by atoms with Crippen LogP contribution in [0, 0.1) is 12.2 Å². The van der Waals surface area contributed by atoms with Crippen molar-refractivity contribution in [3.8, 4) is 0 Å². The average Bonchev–Trinajstić information content (AvgIpc) is 2.76. The first-order chi connectivity index (χ1) is 7.79. The molecule has 1 saturated heterocycles. The van der Waals surface area contributed by atoms with E-state index in [4.69, 9.17) is 0 Å². The van der Waals surface area contributed by atoms with Gasteiger partial charge in [0, 0.05) is 9.52 Å². The first-order valence-corrected chi connectivity index (χ1v) is 8.26. The third-order valence-electron chi connectivity index (χ3n) is 2.74. The van der Waals surface area contributed by atoms with Crippen molar-refractivity contribution in [1.82, 2.24) is 0 Å². The van der Waals surface area contributed by atoms with E-state index in [0.29, 0.717) is 9.52 Å². The second-order valence-electron chi connectivity index (χ2n) is 4.42. The van der Waals surface area contributed by atoms with Gasteiger partial charge in [-0.05, 0) is 0 Å². The summed E-state index contributed by atoms with van der Waals surface area (Å²) >= 11 is 0. The molecular formula is C15H22Cl2SiZr. The Morgan fingerprint density at radius 2 is 1.21 bits per heavy atom. The summed E-state index contributed by atoms with van der Waals surface area (Å²) in [7, 11) is 0.605. The molecule has 1 aliphatic heterocycles. The maximum Gasteiger partial charge on any atom is 4.00 e. The van der Waals surface area contributed by atoms with Gasteiger partial charge in [0.25, 0.3) is 0 Å². The summed E-state index contributed by atoms with van der Waals surface area (Å²) in [5, 5.41) is 0. The van der Waals surface area contributed by atoms with Crippen LogP contribution in [-0.2, 0) is 26.2 Å². The van der Waals surface area contributed by atoms with E-state index in [-0.39, 0.29) is 51.0 Å². The molecule has 0 bridgehead atoms. The van der Waals surface area contributed by atoms with Gasteiger partial charge in [-0.2, -0.15) is 12.2 Å². The van der Waals surface area contributed by atoms with E-state index in [9.17, 15) is 0 Å². The van der Waals surface area contributed by atoms with Gasteiger partial charge in [-0.25, -0.2) is 23.3 Å². The molecule has 0 saturated carbocycles. The fraction of sp³-hybridized carbons (Fsp3) is 0.467. The third-order valence-corrected chi connectivity index (χ3v) is 4.74. The van der Waals surface area contributed by atoms with Gasteiger partial charge in [0.15, 0.2) is 0 Å². The van der Waals surface area contributed by atoms with Crippen molar-refractivity contribution < 1.29 is 51.0 Å². The summed E-state index contributed by atoms with van der Waals surface area (Å²) in [5.41, 5.74) is 2.69. The van der Waals surface area contributed by atoms with Crippen molar-refractivity contribution in [2.45, 2.75) is 45.2 Å². The molecule has 104 valence electrons. The second-order valence-corrected chi connectivity index (χ2v) is 6.54. The van der Waals surface area contributed by atoms with Crippen molar-refractivity contribution >= 4 is 9.52 Å². The number of halogens is 2. The normalized spacial score (nSPS) is 16.7. The zero-order valence-corrected chi connectivity index (χ0v) is 17.2. The van der Waals surface area contributed by atoms with Gasteiger partial charge in [-0.3, -0.25) is 12.2 Å². The minimum atomic E-state index is 0. The standard InChI is InChI=1S/2C6H7.C3H8Si.2ClH.Zr/c2*1-6-4-2-3-5-6;1-2-4-3-1;;;/h2*4-5H,2H2,1H3;1-4H2;2*1H;/q2*-1;;;;+4/p-2. The molecule has 0 unspecified atom stereocenters. The van der Waals surface area contributed by atoms with Crippen molar-refractivity contribution in [3.63, 3.8) is 0 Å². The summed E-state index contributed by atoms with van der Waals surface area (Å²) in [5.74, 6) is 0. The molecule has 0 aromatic carbocycles. The zero-order valence-electron chi connectivity index (χ0n) is 11.8. The number of hydrogen-bond donors (Lipinski definition) is 0. The van der Waals surface area contributed by atoms with Gasteiger partial charge in [0.2, 0.25) is 0 Å². The Hall–Kier alpha value is 0.640. The monoisotopic (exact) mass is 390 g/mol. The summed E-state index contributed by atoms with van der Waals surface area (Å²) < 4.78 is 0. The summed E-state index contributed by atoms with van der Waals surface area (Å²) in [6, 6.07) is 3.28. The smallest absolute Gasteiger partial charge is 1.00 e. The molecule has 0 spiro atoms. The molecule has 1 heterocycles. The Labute approximate surface area is 152 Å². The Morgan fingerprint density at radius 1 is 0.895 bits per heavy atom. The molecule has 0 aromatic rings. The van der Waals surface area contributed by atoms with Crippen LogP contribution in [0.3, 0.4) is 0 Å². The molecular weight excluding hydrogens is 370 g/mol. The van der Waals surface area contributed by atoms with E-state index in [2.05, 4.69) is 38.2 Å². The molecule has 0 amide bonds. The predicted octanol–water partition coefficient (Wildman–Crippen LogP) is -2.21. The number of hydrogen-bond acceptors (Lipinski definition) is 0. The molecule has 0 N–H and O–H groups in total. The Bertz CT molecular complexity index is 279. The van der Waals surface area contributed by atoms with E-state index in [1.165, 1.54) is 11.1 Å². The SMILES string of the molecule is C1C[SiH2]C1.CC1=CC[C-]=C1.CC1=CC[C-]=C1.[Cl-].[Cl-].[Zr+4]. The molecule has 3 rings (SSSR count). The minimum Gasteiger partial charge on any atom is -1.00 e. The van der Waals surface area contributed by atoms with Crippen molar-refractivity contribution in [2.24, 2.45) is 0 Å². The van der Waals surface area contributed by atoms with Crippen LogP contribution in [0.1, 0.15) is 33.1 Å². The topological polar surface area (TPSA) is 0 Å². The van der Waals surface area contributed by atoms with Crippen LogP contribution in [0.15, 0.2) is 35.5 Å². The molecule has 0 radical (unpaired) electrons. The van der Waals surface area contributed by atoms with E-state index in [1.807, 2.05) is 12.2 Å². The fourth-order valence-corrected chi connectivity index (χ4v) is 1.75. The Balaban J connectivity index is -0.000000190. The summed E-state index contributed by atoms with van der Waals surface area (Å²) in [6.45, 7) is 4.17. The van der Waals surface area contributed by atoms with Crippen molar-refractivity contribution in [1.29, 1.82) is 0 Å². The van der Waals surface area contributed by atoms with Gasteiger partial charge in [0.1, 0.15) is 0 Å². The van der Waals surface area contributed by atoms with Crippen LogP contribution in [0.4, 0.5) is 0 Å². The summed E-state index contributed by atoms with van der Waals surface area (Å²) in [6.07, 6.45) is 18.0. The van der Waals surface area contributed by atoms with Gasteiger partial charge in [-0.15, -0.1) is 26.7 Å². The zero-order chi connectivity index (χ0) is 11.6. The van der Waals surface area contributed by atoms with Gasteiger partial charge < -0.3 is 24.8 Å². The first-order valence-electron chi connectivity index (χ1n) is 6.26. The van der Waals surface area contributed by atoms with Crippen LogP contribution in [-0.4, -0.2) is 9.52 Å². The minimum absolute atomic E-state index is 0. The van der Waals surface area contributed by atoms with E-state index >= 15 is 0 Å². The Morgan fingerprint density at radius 3 is 1.26 bits per heavy atom. The molecule has 0 aromatic heterocycles. The van der Waals surface area contributed by atoms with Crippen LogP contribution < -0.4 is 24.8 Å². The van der Waals surface area contributed by atoms with Gasteiger partial charge >= 0.3 is 26.2 Å². The van der Waals surface area contributed by atoms with Crippen LogP contribution in [0.2, 0.25) is 12.1 Å².